The third-order valence-electron chi connectivity index (χ3n) is 3.91. The molecule has 1 saturated heterocycles. The summed E-state index contributed by atoms with van der Waals surface area (Å²) in [5.41, 5.74) is 5.99. The molecule has 2 heterocycles. The first-order valence-corrected chi connectivity index (χ1v) is 9.19. The number of hydrogen-bond donors (Lipinski definition) is 2. The quantitative estimate of drug-likeness (QED) is 0.819. The van der Waals surface area contributed by atoms with Crippen LogP contribution in [0.4, 0.5) is 11.6 Å². The molecule has 0 bridgehead atoms. The van der Waals surface area contributed by atoms with Crippen LogP contribution in [-0.4, -0.2) is 49.3 Å². The molecule has 1 aromatic rings. The van der Waals surface area contributed by atoms with E-state index in [1.807, 2.05) is 11.8 Å². The molecule has 0 radical (unpaired) electrons. The summed E-state index contributed by atoms with van der Waals surface area (Å²) >= 11 is 0. The Labute approximate surface area is 125 Å². The highest BCUT2D eigenvalue weighted by Gasteiger charge is 2.29. The van der Waals surface area contributed by atoms with Crippen LogP contribution in [0.5, 0.6) is 0 Å². The molecule has 120 valence electrons. The van der Waals surface area contributed by atoms with Crippen molar-refractivity contribution in [3.8, 4) is 0 Å². The molecule has 0 aliphatic carbocycles. The number of nitrogens with zero attached hydrogens (tertiary/aromatic N) is 3. The van der Waals surface area contributed by atoms with Crippen LogP contribution in [0.1, 0.15) is 26.2 Å². The molecule has 0 unspecified atom stereocenters. The standard InChI is InChI=1S/C13H24N4O3S/c1-3-6-17-12(14)11(21(2,19)20)13(15-17)16-7-4-10(9-18)5-8-16/h10,18H,3-9,14H2,1-2H3. The maximum atomic E-state index is 12.1. The third-order valence-corrected chi connectivity index (χ3v) is 5.04. The molecule has 0 amide bonds. The van der Waals surface area contributed by atoms with Crippen LogP contribution >= 0.6 is 0 Å². The predicted octanol–water partition coefficient (Wildman–Crippen LogP) is 0.488. The zero-order valence-electron chi connectivity index (χ0n) is 12.6. The molecular weight excluding hydrogens is 292 g/mol. The number of sulfone groups is 1. The number of anilines is 2. The number of aliphatic hydroxyl groups excluding tert-OH is 1. The van der Waals surface area contributed by atoms with Gasteiger partial charge in [-0.25, -0.2) is 13.1 Å². The van der Waals surface area contributed by atoms with Crippen molar-refractivity contribution in [1.29, 1.82) is 0 Å². The minimum atomic E-state index is -3.43. The molecule has 1 aliphatic rings. The average molecular weight is 316 g/mol. The second-order valence-corrected chi connectivity index (χ2v) is 7.60. The smallest absolute Gasteiger partial charge is 0.182 e. The van der Waals surface area contributed by atoms with Gasteiger partial charge < -0.3 is 15.7 Å². The molecule has 8 heteroatoms. The number of piperidine rings is 1. The summed E-state index contributed by atoms with van der Waals surface area (Å²) in [6.45, 7) is 4.15. The lowest BCUT2D eigenvalue weighted by Gasteiger charge is -2.31. The zero-order chi connectivity index (χ0) is 15.6. The fraction of sp³-hybridized carbons (Fsp3) is 0.769. The monoisotopic (exact) mass is 316 g/mol. The highest BCUT2D eigenvalue weighted by molar-refractivity contribution is 7.91. The van der Waals surface area contributed by atoms with Crippen molar-refractivity contribution in [2.24, 2.45) is 5.92 Å². The van der Waals surface area contributed by atoms with Gasteiger partial charge in [0.15, 0.2) is 20.6 Å². The van der Waals surface area contributed by atoms with Crippen molar-refractivity contribution < 1.29 is 13.5 Å². The fourth-order valence-corrected chi connectivity index (χ4v) is 3.70. The summed E-state index contributed by atoms with van der Waals surface area (Å²) in [5.74, 6) is 0.969. The summed E-state index contributed by atoms with van der Waals surface area (Å²) in [7, 11) is -3.43. The number of hydrogen-bond acceptors (Lipinski definition) is 6. The van der Waals surface area contributed by atoms with Crippen molar-refractivity contribution in [1.82, 2.24) is 9.78 Å². The van der Waals surface area contributed by atoms with E-state index in [1.54, 1.807) is 4.68 Å². The van der Waals surface area contributed by atoms with Crippen LogP contribution in [0.3, 0.4) is 0 Å². The lowest BCUT2D eigenvalue weighted by Crippen LogP contribution is -2.35. The van der Waals surface area contributed by atoms with Crippen molar-refractivity contribution in [3.63, 3.8) is 0 Å². The van der Waals surface area contributed by atoms with Crippen molar-refractivity contribution in [3.05, 3.63) is 0 Å². The summed E-state index contributed by atoms with van der Waals surface area (Å²) in [6.07, 6.45) is 3.67. The van der Waals surface area contributed by atoms with E-state index in [0.29, 0.717) is 25.5 Å². The van der Waals surface area contributed by atoms with E-state index in [4.69, 9.17) is 5.73 Å². The lowest BCUT2D eigenvalue weighted by molar-refractivity contribution is 0.202. The molecule has 0 spiro atoms. The molecule has 1 aliphatic heterocycles. The van der Waals surface area contributed by atoms with Gasteiger partial charge >= 0.3 is 0 Å². The maximum Gasteiger partial charge on any atom is 0.182 e. The highest BCUT2D eigenvalue weighted by atomic mass is 32.2. The number of aryl methyl sites for hydroxylation is 1. The Morgan fingerprint density at radius 1 is 1.38 bits per heavy atom. The molecule has 1 fully saturated rings. The number of rotatable bonds is 5. The van der Waals surface area contributed by atoms with Gasteiger partial charge in [-0.2, -0.15) is 5.10 Å². The minimum Gasteiger partial charge on any atom is -0.396 e. The van der Waals surface area contributed by atoms with Crippen LogP contribution in [0.25, 0.3) is 0 Å². The maximum absolute atomic E-state index is 12.1. The largest absolute Gasteiger partial charge is 0.396 e. The topological polar surface area (TPSA) is 101 Å². The number of aliphatic hydroxyl groups is 1. The Morgan fingerprint density at radius 3 is 2.48 bits per heavy atom. The van der Waals surface area contributed by atoms with Gasteiger partial charge in [-0.15, -0.1) is 0 Å². The first-order valence-electron chi connectivity index (χ1n) is 7.30. The van der Waals surface area contributed by atoms with Crippen molar-refractivity contribution in [2.45, 2.75) is 37.6 Å². The van der Waals surface area contributed by atoms with Gasteiger partial charge in [0.25, 0.3) is 0 Å². The van der Waals surface area contributed by atoms with Gasteiger partial charge in [-0.1, -0.05) is 6.92 Å². The molecule has 21 heavy (non-hydrogen) atoms. The predicted molar refractivity (Wildman–Crippen MR) is 82.1 cm³/mol. The van der Waals surface area contributed by atoms with Gasteiger partial charge in [0.1, 0.15) is 5.82 Å². The summed E-state index contributed by atoms with van der Waals surface area (Å²) in [5, 5.41) is 13.6. The first kappa shape index (κ1) is 16.1. The first-order chi connectivity index (χ1) is 9.88. The van der Waals surface area contributed by atoms with Crippen LogP contribution in [0.2, 0.25) is 0 Å². The molecule has 3 N–H and O–H groups in total. The molecule has 7 nitrogen and oxygen atoms in total. The van der Waals surface area contributed by atoms with Crippen molar-refractivity contribution in [2.75, 3.05) is 36.6 Å². The van der Waals surface area contributed by atoms with E-state index in [1.165, 1.54) is 6.26 Å². The number of nitrogens with two attached hydrogens (primary N) is 1. The van der Waals surface area contributed by atoms with Gasteiger partial charge in [0.2, 0.25) is 0 Å². The van der Waals surface area contributed by atoms with Crippen LogP contribution in [-0.2, 0) is 16.4 Å². The van der Waals surface area contributed by atoms with Gasteiger partial charge in [0, 0.05) is 32.5 Å². The van der Waals surface area contributed by atoms with Gasteiger partial charge in [-0.3, -0.25) is 0 Å². The van der Waals surface area contributed by atoms with E-state index in [0.717, 1.165) is 19.3 Å². The molecular formula is C13H24N4O3S. The molecule has 2 rings (SSSR count). The third kappa shape index (κ3) is 3.32. The molecule has 1 aromatic heterocycles. The lowest BCUT2D eigenvalue weighted by atomic mass is 9.98. The number of nitrogen functional groups attached to an aromatic ring is 1. The van der Waals surface area contributed by atoms with Gasteiger partial charge in [0.05, 0.1) is 0 Å². The SMILES string of the molecule is CCCn1nc(N2CCC(CO)CC2)c(S(C)(=O)=O)c1N. The number of aromatic nitrogens is 2. The van der Waals surface area contributed by atoms with Crippen LogP contribution < -0.4 is 10.6 Å². The minimum absolute atomic E-state index is 0.137. The van der Waals surface area contributed by atoms with Crippen LogP contribution in [0, 0.1) is 5.92 Å². The fourth-order valence-electron chi connectivity index (χ4n) is 2.72. The summed E-state index contributed by atoms with van der Waals surface area (Å²) in [4.78, 5) is 2.10. The molecule has 0 saturated carbocycles. The van der Waals surface area contributed by atoms with Crippen LogP contribution in [0.15, 0.2) is 4.90 Å². The van der Waals surface area contributed by atoms with E-state index in [9.17, 15) is 13.5 Å². The normalized spacial score (nSPS) is 17.4. The Kier molecular flexibility index (Phi) is 4.77. The second-order valence-electron chi connectivity index (χ2n) is 5.65. The Balaban J connectivity index is 2.36. The van der Waals surface area contributed by atoms with Crippen molar-refractivity contribution >= 4 is 21.5 Å². The second kappa shape index (κ2) is 6.23. The summed E-state index contributed by atoms with van der Waals surface area (Å²) < 4.78 is 25.7. The zero-order valence-corrected chi connectivity index (χ0v) is 13.4. The Hall–Kier alpha value is -1.28. The Bertz CT molecular complexity index is 589. The van der Waals surface area contributed by atoms with E-state index < -0.39 is 9.84 Å². The van der Waals surface area contributed by atoms with E-state index in [2.05, 4.69) is 5.10 Å². The molecule has 0 aromatic carbocycles. The average Bonchev–Trinajstić information content (AvgIpc) is 2.76. The molecule has 0 atom stereocenters. The summed E-state index contributed by atoms with van der Waals surface area (Å²) in [6, 6.07) is 0. The highest BCUT2D eigenvalue weighted by Crippen LogP contribution is 2.32. The van der Waals surface area contributed by atoms with Gasteiger partial charge in [-0.05, 0) is 25.2 Å². The van der Waals surface area contributed by atoms with E-state index in [-0.39, 0.29) is 23.2 Å². The Morgan fingerprint density at radius 2 is 2.00 bits per heavy atom. The van der Waals surface area contributed by atoms with E-state index >= 15 is 0 Å².